The Morgan fingerprint density at radius 2 is 1.87 bits per heavy atom. The van der Waals surface area contributed by atoms with Crippen LogP contribution in [0.4, 0.5) is 17.1 Å². The smallest absolute Gasteiger partial charge is 0.280 e. The molecule has 0 saturated carbocycles. The summed E-state index contributed by atoms with van der Waals surface area (Å²) in [5.74, 6) is 0. The number of hydrazone groups is 1. The van der Waals surface area contributed by atoms with Crippen molar-refractivity contribution in [1.82, 2.24) is 4.98 Å². The first-order chi connectivity index (χ1) is 14.3. The number of hydrogen-bond acceptors (Lipinski definition) is 7. The zero-order valence-electron chi connectivity index (χ0n) is 15.6. The number of rotatable bonds is 7. The third-order valence-corrected chi connectivity index (χ3v) is 5.58. The Morgan fingerprint density at radius 1 is 1.13 bits per heavy atom. The van der Waals surface area contributed by atoms with Crippen LogP contribution in [0.5, 0.6) is 0 Å². The molecule has 0 unspecified atom stereocenters. The van der Waals surface area contributed by atoms with E-state index in [9.17, 15) is 18.5 Å². The minimum absolute atomic E-state index is 0.0423. The van der Waals surface area contributed by atoms with Crippen LogP contribution in [0.2, 0.25) is 5.02 Å². The second-order valence-corrected chi connectivity index (χ2v) is 8.19. The molecule has 2 N–H and O–H groups in total. The number of anilines is 2. The number of hydrogen-bond donors (Lipinski definition) is 2. The number of nitrogens with one attached hydrogen (secondary N) is 2. The summed E-state index contributed by atoms with van der Waals surface area (Å²) in [6, 6.07) is 14.8. The number of nitrogens with zero attached hydrogens (tertiary/aromatic N) is 3. The molecule has 2 aromatic carbocycles. The van der Waals surface area contributed by atoms with Crippen LogP contribution < -0.4 is 10.1 Å². The summed E-state index contributed by atoms with van der Waals surface area (Å²) < 4.78 is 27.6. The standard InChI is InChI=1S/C19H16ClN5O4S/c1-13(17-4-2-3-11-21-17)22-23-18-10-9-16(12-19(18)25(26)27)30(28,29)24-15-7-5-14(20)6-8-15/h2-12,23-24H,1H3. The normalized spacial score (nSPS) is 11.7. The first-order valence-electron chi connectivity index (χ1n) is 8.55. The van der Waals surface area contributed by atoms with Crippen molar-refractivity contribution in [3.8, 4) is 0 Å². The van der Waals surface area contributed by atoms with Gasteiger partial charge in [0.1, 0.15) is 5.69 Å². The van der Waals surface area contributed by atoms with Gasteiger partial charge in [0.05, 0.1) is 21.2 Å². The van der Waals surface area contributed by atoms with Gasteiger partial charge < -0.3 is 0 Å². The molecule has 0 aliphatic rings. The number of benzene rings is 2. The average Bonchev–Trinajstić information content (AvgIpc) is 2.74. The maximum Gasteiger partial charge on any atom is 0.295 e. The molecule has 0 atom stereocenters. The van der Waals surface area contributed by atoms with Crippen molar-refractivity contribution in [1.29, 1.82) is 0 Å². The van der Waals surface area contributed by atoms with Gasteiger partial charge in [-0.2, -0.15) is 5.10 Å². The largest absolute Gasteiger partial charge is 0.295 e. The molecule has 0 saturated heterocycles. The van der Waals surface area contributed by atoms with Crippen LogP contribution in [-0.4, -0.2) is 24.0 Å². The lowest BCUT2D eigenvalue weighted by molar-refractivity contribution is -0.384. The Bertz CT molecular complexity index is 1200. The van der Waals surface area contributed by atoms with E-state index in [1.165, 1.54) is 36.4 Å². The monoisotopic (exact) mass is 445 g/mol. The fourth-order valence-electron chi connectivity index (χ4n) is 2.43. The van der Waals surface area contributed by atoms with Crippen LogP contribution in [0.1, 0.15) is 12.6 Å². The molecule has 1 heterocycles. The molecule has 0 bridgehead atoms. The fourth-order valence-corrected chi connectivity index (χ4v) is 3.64. The van der Waals surface area contributed by atoms with Crippen LogP contribution in [0.3, 0.4) is 0 Å². The van der Waals surface area contributed by atoms with Crippen molar-refractivity contribution in [2.24, 2.45) is 5.10 Å². The van der Waals surface area contributed by atoms with E-state index in [0.29, 0.717) is 16.4 Å². The number of nitro benzene ring substituents is 1. The Hall–Kier alpha value is -3.50. The molecule has 1 aromatic heterocycles. The van der Waals surface area contributed by atoms with Gasteiger partial charge in [0.25, 0.3) is 15.7 Å². The summed E-state index contributed by atoms with van der Waals surface area (Å²) in [7, 11) is -4.04. The van der Waals surface area contributed by atoms with Gasteiger partial charge in [0.15, 0.2) is 0 Å². The number of aromatic nitrogens is 1. The third kappa shape index (κ3) is 5.10. The van der Waals surface area contributed by atoms with Crippen LogP contribution in [0, 0.1) is 10.1 Å². The van der Waals surface area contributed by atoms with Gasteiger partial charge in [0, 0.05) is 23.0 Å². The minimum Gasteiger partial charge on any atom is -0.280 e. The van der Waals surface area contributed by atoms with Gasteiger partial charge in [-0.1, -0.05) is 17.7 Å². The molecule has 30 heavy (non-hydrogen) atoms. The Labute approximate surface area is 177 Å². The predicted molar refractivity (Wildman–Crippen MR) is 115 cm³/mol. The van der Waals surface area contributed by atoms with Crippen molar-refractivity contribution < 1.29 is 13.3 Å². The first-order valence-corrected chi connectivity index (χ1v) is 10.4. The Morgan fingerprint density at radius 3 is 2.50 bits per heavy atom. The summed E-state index contributed by atoms with van der Waals surface area (Å²) >= 11 is 5.79. The van der Waals surface area contributed by atoms with E-state index in [0.717, 1.165) is 6.07 Å². The molecule has 11 heteroatoms. The highest BCUT2D eigenvalue weighted by atomic mass is 35.5. The van der Waals surface area contributed by atoms with E-state index in [1.54, 1.807) is 31.3 Å². The van der Waals surface area contributed by atoms with Crippen LogP contribution in [-0.2, 0) is 10.0 Å². The number of nitro groups is 1. The van der Waals surface area contributed by atoms with Gasteiger partial charge in [-0.3, -0.25) is 25.2 Å². The number of pyridine rings is 1. The van der Waals surface area contributed by atoms with Crippen LogP contribution in [0.25, 0.3) is 0 Å². The summed E-state index contributed by atoms with van der Waals surface area (Å²) in [4.78, 5) is 14.7. The topological polar surface area (TPSA) is 127 Å². The maximum absolute atomic E-state index is 12.6. The zero-order valence-corrected chi connectivity index (χ0v) is 17.2. The second kappa shape index (κ2) is 8.89. The van der Waals surface area contributed by atoms with Crippen LogP contribution in [0.15, 0.2) is 76.9 Å². The highest BCUT2D eigenvalue weighted by Crippen LogP contribution is 2.29. The lowest BCUT2D eigenvalue weighted by atomic mass is 10.2. The predicted octanol–water partition coefficient (Wildman–Crippen LogP) is 4.28. The molecular weight excluding hydrogens is 430 g/mol. The van der Waals surface area contributed by atoms with Crippen molar-refractivity contribution in [2.75, 3.05) is 10.1 Å². The van der Waals surface area contributed by atoms with E-state index in [2.05, 4.69) is 20.2 Å². The molecule has 0 radical (unpaired) electrons. The fraction of sp³-hybridized carbons (Fsp3) is 0.0526. The molecule has 3 aromatic rings. The molecule has 0 aliphatic carbocycles. The molecule has 3 rings (SSSR count). The first kappa shape index (κ1) is 21.2. The maximum atomic E-state index is 12.6. The molecule has 0 amide bonds. The van der Waals surface area contributed by atoms with E-state index in [-0.39, 0.29) is 16.3 Å². The number of sulfonamides is 1. The average molecular weight is 446 g/mol. The van der Waals surface area contributed by atoms with Gasteiger partial charge in [-0.05, 0) is 55.5 Å². The molecule has 0 spiro atoms. The summed E-state index contributed by atoms with van der Waals surface area (Å²) in [6.07, 6.45) is 1.60. The lowest BCUT2D eigenvalue weighted by Gasteiger charge is -2.10. The van der Waals surface area contributed by atoms with Crippen LogP contribution >= 0.6 is 11.6 Å². The minimum atomic E-state index is -4.04. The Kier molecular flexibility index (Phi) is 6.28. The second-order valence-electron chi connectivity index (χ2n) is 6.07. The molecular formula is C19H16ClN5O4S. The summed E-state index contributed by atoms with van der Waals surface area (Å²) in [5.41, 5.74) is 3.59. The van der Waals surface area contributed by atoms with Gasteiger partial charge in [-0.25, -0.2) is 8.42 Å². The van der Waals surface area contributed by atoms with E-state index in [1.807, 2.05) is 0 Å². The van der Waals surface area contributed by atoms with Gasteiger partial charge in [0.2, 0.25) is 0 Å². The highest BCUT2D eigenvalue weighted by Gasteiger charge is 2.21. The number of halogens is 1. The zero-order chi connectivity index (χ0) is 21.7. The quantitative estimate of drug-likeness (QED) is 0.317. The van der Waals surface area contributed by atoms with E-state index in [4.69, 9.17) is 11.6 Å². The molecule has 9 nitrogen and oxygen atoms in total. The van der Waals surface area contributed by atoms with Crippen molar-refractivity contribution in [2.45, 2.75) is 11.8 Å². The Balaban J connectivity index is 1.87. The van der Waals surface area contributed by atoms with Gasteiger partial charge in [-0.15, -0.1) is 0 Å². The van der Waals surface area contributed by atoms with Crippen molar-refractivity contribution in [3.63, 3.8) is 0 Å². The lowest BCUT2D eigenvalue weighted by Crippen LogP contribution is -2.13. The van der Waals surface area contributed by atoms with Gasteiger partial charge >= 0.3 is 0 Å². The van der Waals surface area contributed by atoms with E-state index < -0.39 is 20.6 Å². The molecule has 0 fully saturated rings. The van der Waals surface area contributed by atoms with Crippen molar-refractivity contribution in [3.05, 3.63) is 87.7 Å². The highest BCUT2D eigenvalue weighted by molar-refractivity contribution is 7.92. The van der Waals surface area contributed by atoms with E-state index >= 15 is 0 Å². The summed E-state index contributed by atoms with van der Waals surface area (Å²) in [6.45, 7) is 1.69. The van der Waals surface area contributed by atoms with Crippen molar-refractivity contribution >= 4 is 44.4 Å². The SMILES string of the molecule is CC(=NNc1ccc(S(=O)(=O)Nc2ccc(Cl)cc2)cc1[N+](=O)[O-])c1ccccn1. The summed E-state index contributed by atoms with van der Waals surface area (Å²) in [5, 5.41) is 16.0. The molecule has 0 aliphatic heterocycles. The third-order valence-electron chi connectivity index (χ3n) is 3.95. The molecule has 154 valence electrons.